The summed E-state index contributed by atoms with van der Waals surface area (Å²) in [6, 6.07) is 7.07. The van der Waals surface area contributed by atoms with Crippen molar-refractivity contribution in [3.8, 4) is 17.2 Å². The maximum Gasteiger partial charge on any atom is 0.244 e. The van der Waals surface area contributed by atoms with Crippen LogP contribution in [0.25, 0.3) is 11.5 Å². The van der Waals surface area contributed by atoms with E-state index in [2.05, 4.69) is 20.4 Å². The van der Waals surface area contributed by atoms with E-state index in [1.54, 1.807) is 20.3 Å². The van der Waals surface area contributed by atoms with Crippen LogP contribution < -0.4 is 10.1 Å². The lowest BCUT2D eigenvalue weighted by Crippen LogP contribution is -2.32. The summed E-state index contributed by atoms with van der Waals surface area (Å²) >= 11 is 0. The van der Waals surface area contributed by atoms with Gasteiger partial charge >= 0.3 is 0 Å². The van der Waals surface area contributed by atoms with E-state index in [4.69, 9.17) is 9.15 Å². The minimum absolute atomic E-state index is 0.121. The third-order valence-corrected chi connectivity index (χ3v) is 3.78. The maximum atomic E-state index is 12.1. The maximum absolute atomic E-state index is 12.1. The van der Waals surface area contributed by atoms with Crippen LogP contribution in [0.2, 0.25) is 0 Å². The molecule has 1 atom stereocenters. The Morgan fingerprint density at radius 1 is 1.36 bits per heavy atom. The van der Waals surface area contributed by atoms with E-state index in [1.807, 2.05) is 24.3 Å². The quantitative estimate of drug-likeness (QED) is 0.705. The number of carbonyl (C=O) groups excluding carboxylic acids is 1. The monoisotopic (exact) mass is 341 g/mol. The van der Waals surface area contributed by atoms with Gasteiger partial charge in [-0.3, -0.25) is 4.79 Å². The number of hydrogen-bond acceptors (Lipinski definition) is 6. The van der Waals surface area contributed by atoms with Crippen molar-refractivity contribution in [1.82, 2.24) is 25.1 Å². The van der Waals surface area contributed by atoms with Crippen molar-refractivity contribution < 1.29 is 13.9 Å². The van der Waals surface area contributed by atoms with Crippen molar-refractivity contribution in [3.05, 3.63) is 48.9 Å². The standard InChI is InChI=1S/C17H19N5O3/c1-12(22-11-18-10-20-22)16(23)19-8-7-14-9-25-17(21-14)13-3-5-15(24-2)6-4-13/h3-6,9-12H,7-8H2,1-2H3,(H,19,23)/t12-/m1/s1. The molecule has 0 aliphatic heterocycles. The highest BCUT2D eigenvalue weighted by Crippen LogP contribution is 2.21. The lowest BCUT2D eigenvalue weighted by atomic mass is 10.2. The minimum atomic E-state index is -0.408. The number of oxazole rings is 1. The third-order valence-electron chi connectivity index (χ3n) is 3.78. The molecule has 1 amide bonds. The number of benzene rings is 1. The molecule has 1 aromatic carbocycles. The lowest BCUT2D eigenvalue weighted by Gasteiger charge is -2.11. The van der Waals surface area contributed by atoms with Gasteiger partial charge in [0, 0.05) is 18.5 Å². The zero-order chi connectivity index (χ0) is 17.6. The van der Waals surface area contributed by atoms with Crippen molar-refractivity contribution in [2.24, 2.45) is 0 Å². The van der Waals surface area contributed by atoms with Crippen LogP contribution in [-0.4, -0.2) is 39.3 Å². The Balaban J connectivity index is 1.52. The molecule has 2 aromatic heterocycles. The van der Waals surface area contributed by atoms with Crippen LogP contribution in [0, 0.1) is 0 Å². The number of nitrogens with zero attached hydrogens (tertiary/aromatic N) is 4. The molecule has 8 heteroatoms. The summed E-state index contributed by atoms with van der Waals surface area (Å²) in [5.41, 5.74) is 1.65. The Kier molecular flexibility index (Phi) is 5.08. The largest absolute Gasteiger partial charge is 0.497 e. The molecule has 0 fully saturated rings. The van der Waals surface area contributed by atoms with Crippen LogP contribution in [0.15, 0.2) is 47.6 Å². The average molecular weight is 341 g/mol. The molecule has 0 spiro atoms. The number of rotatable bonds is 7. The second-order valence-corrected chi connectivity index (χ2v) is 5.46. The molecule has 25 heavy (non-hydrogen) atoms. The Labute approximate surface area is 144 Å². The van der Waals surface area contributed by atoms with Gasteiger partial charge in [0.05, 0.1) is 12.8 Å². The van der Waals surface area contributed by atoms with Crippen LogP contribution in [0.1, 0.15) is 18.7 Å². The summed E-state index contributed by atoms with van der Waals surface area (Å²) in [5.74, 6) is 1.20. The number of ether oxygens (including phenoxy) is 1. The molecule has 1 N–H and O–H groups in total. The summed E-state index contributed by atoms with van der Waals surface area (Å²) in [7, 11) is 1.62. The van der Waals surface area contributed by atoms with E-state index in [0.29, 0.717) is 18.9 Å². The fraction of sp³-hybridized carbons (Fsp3) is 0.294. The van der Waals surface area contributed by atoms with E-state index < -0.39 is 6.04 Å². The van der Waals surface area contributed by atoms with Gasteiger partial charge in [0.2, 0.25) is 11.8 Å². The lowest BCUT2D eigenvalue weighted by molar-refractivity contribution is -0.124. The molecular weight excluding hydrogens is 322 g/mol. The molecule has 0 unspecified atom stereocenters. The molecule has 3 aromatic rings. The van der Waals surface area contributed by atoms with Gasteiger partial charge < -0.3 is 14.5 Å². The van der Waals surface area contributed by atoms with Crippen LogP contribution in [0.4, 0.5) is 0 Å². The highest BCUT2D eigenvalue weighted by atomic mass is 16.5. The van der Waals surface area contributed by atoms with Gasteiger partial charge in [-0.2, -0.15) is 5.10 Å². The predicted octanol–water partition coefficient (Wildman–Crippen LogP) is 1.86. The number of amides is 1. The zero-order valence-electron chi connectivity index (χ0n) is 14.0. The molecular formula is C17H19N5O3. The molecule has 0 aliphatic rings. The fourth-order valence-electron chi connectivity index (χ4n) is 2.29. The second-order valence-electron chi connectivity index (χ2n) is 5.46. The number of aromatic nitrogens is 4. The summed E-state index contributed by atoms with van der Waals surface area (Å²) in [6.07, 6.45) is 5.10. The molecule has 8 nitrogen and oxygen atoms in total. The Morgan fingerprint density at radius 3 is 2.84 bits per heavy atom. The van der Waals surface area contributed by atoms with Gasteiger partial charge in [0.1, 0.15) is 30.7 Å². The number of nitrogens with one attached hydrogen (secondary N) is 1. The van der Waals surface area contributed by atoms with E-state index in [1.165, 1.54) is 17.3 Å². The first-order valence-corrected chi connectivity index (χ1v) is 7.88. The Morgan fingerprint density at radius 2 is 2.16 bits per heavy atom. The van der Waals surface area contributed by atoms with E-state index in [9.17, 15) is 4.79 Å². The van der Waals surface area contributed by atoms with E-state index in [0.717, 1.165) is 17.0 Å². The van der Waals surface area contributed by atoms with E-state index in [-0.39, 0.29) is 5.91 Å². The first-order valence-electron chi connectivity index (χ1n) is 7.88. The molecule has 2 heterocycles. The number of methoxy groups -OCH3 is 1. The van der Waals surface area contributed by atoms with Gasteiger partial charge in [0.15, 0.2) is 0 Å². The number of carbonyl (C=O) groups is 1. The van der Waals surface area contributed by atoms with Gasteiger partial charge in [-0.05, 0) is 31.2 Å². The first-order chi connectivity index (χ1) is 12.2. The summed E-state index contributed by atoms with van der Waals surface area (Å²) < 4.78 is 12.1. The summed E-state index contributed by atoms with van der Waals surface area (Å²) in [4.78, 5) is 20.3. The van der Waals surface area contributed by atoms with Gasteiger partial charge in [-0.25, -0.2) is 14.6 Å². The summed E-state index contributed by atoms with van der Waals surface area (Å²) in [5, 5.41) is 6.82. The van der Waals surface area contributed by atoms with Crippen LogP contribution in [0.3, 0.4) is 0 Å². The second kappa shape index (κ2) is 7.61. The van der Waals surface area contributed by atoms with Crippen molar-refractivity contribution in [2.75, 3.05) is 13.7 Å². The molecule has 0 aliphatic carbocycles. The molecule has 0 saturated carbocycles. The Hall–Kier alpha value is -3.16. The number of hydrogen-bond donors (Lipinski definition) is 1. The highest BCUT2D eigenvalue weighted by Gasteiger charge is 2.15. The molecule has 3 rings (SSSR count). The van der Waals surface area contributed by atoms with Crippen molar-refractivity contribution >= 4 is 5.91 Å². The van der Waals surface area contributed by atoms with Crippen LogP contribution in [-0.2, 0) is 11.2 Å². The van der Waals surface area contributed by atoms with E-state index >= 15 is 0 Å². The predicted molar refractivity (Wildman–Crippen MR) is 89.9 cm³/mol. The topological polar surface area (TPSA) is 95.1 Å². The minimum Gasteiger partial charge on any atom is -0.497 e. The van der Waals surface area contributed by atoms with Crippen LogP contribution in [0.5, 0.6) is 5.75 Å². The average Bonchev–Trinajstić information content (AvgIpc) is 3.33. The smallest absolute Gasteiger partial charge is 0.244 e. The van der Waals surface area contributed by atoms with Crippen molar-refractivity contribution in [1.29, 1.82) is 0 Å². The third kappa shape index (κ3) is 4.03. The normalized spacial score (nSPS) is 11.9. The van der Waals surface area contributed by atoms with Gasteiger partial charge in [-0.1, -0.05) is 0 Å². The van der Waals surface area contributed by atoms with Crippen LogP contribution >= 0.6 is 0 Å². The Bertz CT molecular complexity index is 811. The molecule has 0 radical (unpaired) electrons. The molecule has 130 valence electrons. The molecule has 0 bridgehead atoms. The van der Waals surface area contributed by atoms with Gasteiger partial charge in [-0.15, -0.1) is 0 Å². The van der Waals surface area contributed by atoms with Gasteiger partial charge in [0.25, 0.3) is 0 Å². The summed E-state index contributed by atoms with van der Waals surface area (Å²) in [6.45, 7) is 2.23. The first kappa shape index (κ1) is 16.7. The SMILES string of the molecule is COc1ccc(-c2nc(CCNC(=O)[C@@H](C)n3cncn3)co2)cc1. The van der Waals surface area contributed by atoms with Crippen molar-refractivity contribution in [3.63, 3.8) is 0 Å². The molecule has 0 saturated heterocycles. The van der Waals surface area contributed by atoms with Crippen molar-refractivity contribution in [2.45, 2.75) is 19.4 Å². The highest BCUT2D eigenvalue weighted by molar-refractivity contribution is 5.79. The zero-order valence-corrected chi connectivity index (χ0v) is 14.0. The fourth-order valence-corrected chi connectivity index (χ4v) is 2.29.